The molecule has 0 unspecified atom stereocenters. The molecule has 0 bridgehead atoms. The van der Waals surface area contributed by atoms with Crippen LogP contribution in [0.25, 0.3) is 0 Å². The number of nitrogens with zero attached hydrogens (tertiary/aromatic N) is 1. The zero-order valence-electron chi connectivity index (χ0n) is 7.65. The van der Waals surface area contributed by atoms with Gasteiger partial charge in [0.1, 0.15) is 0 Å². The predicted octanol–water partition coefficient (Wildman–Crippen LogP) is 2.55. The van der Waals surface area contributed by atoms with E-state index in [2.05, 4.69) is 4.37 Å². The van der Waals surface area contributed by atoms with Crippen LogP contribution in [0.3, 0.4) is 0 Å². The Bertz CT molecular complexity index is 247. The average Bonchev–Trinajstić information content (AvgIpc) is 2.56. The van der Waals surface area contributed by atoms with Gasteiger partial charge in [-0.3, -0.25) is 0 Å². The normalized spacial score (nSPS) is 29.9. The molecule has 0 amide bonds. The van der Waals surface area contributed by atoms with Crippen LogP contribution in [-0.4, -0.2) is 15.6 Å². The van der Waals surface area contributed by atoms with Gasteiger partial charge in [-0.1, -0.05) is 19.3 Å². The van der Waals surface area contributed by atoms with E-state index < -0.39 is 0 Å². The molecule has 0 radical (unpaired) electrons. The highest BCUT2D eigenvalue weighted by Crippen LogP contribution is 2.31. The van der Waals surface area contributed by atoms with Gasteiger partial charge < -0.3 is 5.11 Å². The Balaban J connectivity index is 2.11. The van der Waals surface area contributed by atoms with Gasteiger partial charge in [-0.25, -0.2) is 0 Å². The number of hydrogen-bond acceptors (Lipinski definition) is 3. The van der Waals surface area contributed by atoms with Crippen molar-refractivity contribution in [3.05, 3.63) is 17.1 Å². The molecule has 0 spiro atoms. The average molecular weight is 197 g/mol. The van der Waals surface area contributed by atoms with E-state index in [1.807, 2.05) is 11.4 Å². The van der Waals surface area contributed by atoms with E-state index >= 15 is 0 Å². The third-order valence-corrected chi connectivity index (χ3v) is 3.39. The summed E-state index contributed by atoms with van der Waals surface area (Å²) in [5.41, 5.74) is 1.10. The van der Waals surface area contributed by atoms with Crippen LogP contribution < -0.4 is 0 Å². The summed E-state index contributed by atoms with van der Waals surface area (Å²) in [6.07, 6.45) is 5.55. The summed E-state index contributed by atoms with van der Waals surface area (Å²) in [5.74, 6) is 0.300. The number of aliphatic hydroxyl groups is 1. The SMILES string of the molecule is O[C@@H]1CCCCC[C@H]1c1ccsn1. The largest absolute Gasteiger partial charge is 0.392 e. The lowest BCUT2D eigenvalue weighted by Crippen LogP contribution is -2.16. The molecule has 13 heavy (non-hydrogen) atoms. The molecule has 1 aromatic heterocycles. The van der Waals surface area contributed by atoms with Gasteiger partial charge in [-0.2, -0.15) is 4.37 Å². The molecule has 72 valence electrons. The fourth-order valence-electron chi connectivity index (χ4n) is 2.05. The molecule has 0 aromatic carbocycles. The van der Waals surface area contributed by atoms with E-state index in [0.717, 1.165) is 18.5 Å². The van der Waals surface area contributed by atoms with Gasteiger partial charge in [0.25, 0.3) is 0 Å². The van der Waals surface area contributed by atoms with Crippen molar-refractivity contribution in [1.29, 1.82) is 0 Å². The lowest BCUT2D eigenvalue weighted by atomic mass is 9.94. The van der Waals surface area contributed by atoms with Crippen molar-refractivity contribution in [1.82, 2.24) is 4.37 Å². The zero-order valence-corrected chi connectivity index (χ0v) is 8.46. The van der Waals surface area contributed by atoms with Crippen LogP contribution in [0.2, 0.25) is 0 Å². The van der Waals surface area contributed by atoms with Gasteiger partial charge in [0.15, 0.2) is 0 Å². The van der Waals surface area contributed by atoms with Crippen molar-refractivity contribution >= 4 is 11.5 Å². The molecule has 0 aliphatic heterocycles. The quantitative estimate of drug-likeness (QED) is 0.702. The maximum absolute atomic E-state index is 9.89. The summed E-state index contributed by atoms with van der Waals surface area (Å²) in [6, 6.07) is 2.05. The molecule has 1 aliphatic rings. The van der Waals surface area contributed by atoms with E-state index in [4.69, 9.17) is 0 Å². The maximum atomic E-state index is 9.89. The number of aromatic nitrogens is 1. The van der Waals surface area contributed by atoms with Gasteiger partial charge in [0.05, 0.1) is 11.8 Å². The number of hydrogen-bond donors (Lipinski definition) is 1. The van der Waals surface area contributed by atoms with E-state index in [1.165, 1.54) is 30.8 Å². The number of aliphatic hydroxyl groups excluding tert-OH is 1. The highest BCUT2D eigenvalue weighted by molar-refractivity contribution is 7.03. The molecule has 1 aromatic rings. The second-order valence-corrected chi connectivity index (χ2v) is 4.40. The van der Waals surface area contributed by atoms with Crippen LogP contribution in [0.4, 0.5) is 0 Å². The molecular weight excluding hydrogens is 182 g/mol. The Morgan fingerprint density at radius 3 is 2.92 bits per heavy atom. The lowest BCUT2D eigenvalue weighted by molar-refractivity contribution is 0.134. The summed E-state index contributed by atoms with van der Waals surface area (Å²) in [7, 11) is 0. The molecule has 1 heterocycles. The van der Waals surface area contributed by atoms with Gasteiger partial charge in [-0.05, 0) is 30.4 Å². The summed E-state index contributed by atoms with van der Waals surface area (Å²) < 4.78 is 4.31. The minimum Gasteiger partial charge on any atom is -0.392 e. The molecule has 1 saturated carbocycles. The first-order chi connectivity index (χ1) is 6.38. The molecule has 0 saturated heterocycles. The summed E-state index contributed by atoms with van der Waals surface area (Å²) >= 11 is 1.48. The predicted molar refractivity (Wildman–Crippen MR) is 53.9 cm³/mol. The molecule has 2 rings (SSSR count). The van der Waals surface area contributed by atoms with Crippen molar-refractivity contribution < 1.29 is 5.11 Å². The Kier molecular flexibility index (Phi) is 2.96. The summed E-state index contributed by atoms with van der Waals surface area (Å²) in [5, 5.41) is 11.9. The Hall–Kier alpha value is -0.410. The fourth-order valence-corrected chi connectivity index (χ4v) is 2.63. The molecule has 2 atom stereocenters. The van der Waals surface area contributed by atoms with E-state index in [0.29, 0.717) is 5.92 Å². The van der Waals surface area contributed by atoms with Crippen molar-refractivity contribution in [3.8, 4) is 0 Å². The molecule has 3 heteroatoms. The zero-order chi connectivity index (χ0) is 9.10. The second-order valence-electron chi connectivity index (χ2n) is 3.74. The van der Waals surface area contributed by atoms with Crippen molar-refractivity contribution in [2.45, 2.75) is 44.1 Å². The van der Waals surface area contributed by atoms with Crippen LogP contribution in [-0.2, 0) is 0 Å². The van der Waals surface area contributed by atoms with Crippen LogP contribution in [0, 0.1) is 0 Å². The van der Waals surface area contributed by atoms with Crippen LogP contribution in [0.1, 0.15) is 43.7 Å². The van der Waals surface area contributed by atoms with Crippen LogP contribution in [0.5, 0.6) is 0 Å². The molecule has 1 aliphatic carbocycles. The summed E-state index contributed by atoms with van der Waals surface area (Å²) in [4.78, 5) is 0. The minimum atomic E-state index is -0.162. The Morgan fingerprint density at radius 2 is 2.15 bits per heavy atom. The van der Waals surface area contributed by atoms with E-state index in [-0.39, 0.29) is 6.10 Å². The van der Waals surface area contributed by atoms with Crippen molar-refractivity contribution in [2.75, 3.05) is 0 Å². The first-order valence-corrected chi connectivity index (χ1v) is 5.80. The second kappa shape index (κ2) is 4.20. The monoisotopic (exact) mass is 197 g/mol. The first-order valence-electron chi connectivity index (χ1n) is 4.96. The Labute approximate surface area is 82.8 Å². The topological polar surface area (TPSA) is 33.1 Å². The third kappa shape index (κ3) is 2.09. The molecule has 1 N–H and O–H groups in total. The van der Waals surface area contributed by atoms with Gasteiger partial charge in [-0.15, -0.1) is 0 Å². The van der Waals surface area contributed by atoms with Gasteiger partial charge in [0.2, 0.25) is 0 Å². The maximum Gasteiger partial charge on any atom is 0.0624 e. The third-order valence-electron chi connectivity index (χ3n) is 2.82. The van der Waals surface area contributed by atoms with Crippen molar-refractivity contribution in [3.63, 3.8) is 0 Å². The van der Waals surface area contributed by atoms with E-state index in [9.17, 15) is 5.11 Å². The van der Waals surface area contributed by atoms with Crippen molar-refractivity contribution in [2.24, 2.45) is 0 Å². The van der Waals surface area contributed by atoms with E-state index in [1.54, 1.807) is 0 Å². The minimum absolute atomic E-state index is 0.162. The first kappa shape index (κ1) is 9.16. The fraction of sp³-hybridized carbons (Fsp3) is 0.700. The lowest BCUT2D eigenvalue weighted by Gasteiger charge is -2.17. The Morgan fingerprint density at radius 1 is 1.31 bits per heavy atom. The number of rotatable bonds is 1. The molecular formula is C10H15NOS. The van der Waals surface area contributed by atoms with Gasteiger partial charge in [0, 0.05) is 11.3 Å². The highest BCUT2D eigenvalue weighted by atomic mass is 32.1. The standard InChI is InChI=1S/C10H15NOS/c12-10-5-3-1-2-4-8(10)9-6-7-13-11-9/h6-8,10,12H,1-5H2/t8-,10+/m0/s1. The van der Waals surface area contributed by atoms with Crippen LogP contribution in [0.15, 0.2) is 11.4 Å². The summed E-state index contributed by atoms with van der Waals surface area (Å²) in [6.45, 7) is 0. The molecule has 1 fully saturated rings. The smallest absolute Gasteiger partial charge is 0.0624 e. The van der Waals surface area contributed by atoms with Gasteiger partial charge >= 0.3 is 0 Å². The van der Waals surface area contributed by atoms with Crippen LogP contribution >= 0.6 is 11.5 Å². The highest BCUT2D eigenvalue weighted by Gasteiger charge is 2.24. The molecule has 2 nitrogen and oxygen atoms in total.